The summed E-state index contributed by atoms with van der Waals surface area (Å²) in [5, 5.41) is 5.62. The van der Waals surface area contributed by atoms with Gasteiger partial charge >= 0.3 is 0 Å². The highest BCUT2D eigenvalue weighted by Gasteiger charge is 2.17. The second-order valence-electron chi connectivity index (χ2n) is 5.36. The predicted molar refractivity (Wildman–Crippen MR) is 82.0 cm³/mol. The van der Waals surface area contributed by atoms with E-state index in [-0.39, 0.29) is 11.8 Å². The second kappa shape index (κ2) is 7.78. The first kappa shape index (κ1) is 15.5. The van der Waals surface area contributed by atoms with Gasteiger partial charge in [-0.25, -0.2) is 0 Å². The number of nitrogens with zero attached hydrogens (tertiary/aromatic N) is 1. The molecule has 0 radical (unpaired) electrons. The summed E-state index contributed by atoms with van der Waals surface area (Å²) in [4.78, 5) is 25.6. The van der Waals surface area contributed by atoms with E-state index < -0.39 is 0 Å². The average Bonchev–Trinajstić information content (AvgIpc) is 2.54. The van der Waals surface area contributed by atoms with Crippen molar-refractivity contribution in [1.82, 2.24) is 15.5 Å². The van der Waals surface area contributed by atoms with Crippen molar-refractivity contribution in [3.05, 3.63) is 35.4 Å². The Morgan fingerprint density at radius 2 is 1.76 bits per heavy atom. The number of hydrogen-bond acceptors (Lipinski definition) is 3. The molecule has 0 saturated carbocycles. The highest BCUT2D eigenvalue weighted by atomic mass is 16.2. The molecule has 0 aliphatic carbocycles. The van der Waals surface area contributed by atoms with Gasteiger partial charge in [-0.1, -0.05) is 12.1 Å². The minimum absolute atomic E-state index is 0.0361. The topological polar surface area (TPSA) is 61.4 Å². The lowest BCUT2D eigenvalue weighted by Gasteiger charge is -2.26. The van der Waals surface area contributed by atoms with Crippen LogP contribution in [-0.2, 0) is 11.3 Å². The third-order valence-electron chi connectivity index (χ3n) is 3.67. The molecule has 1 aromatic carbocycles. The van der Waals surface area contributed by atoms with E-state index in [0.29, 0.717) is 13.1 Å². The smallest absolute Gasteiger partial charge is 0.253 e. The molecule has 0 spiro atoms. The molecule has 0 unspecified atom stereocenters. The van der Waals surface area contributed by atoms with Gasteiger partial charge < -0.3 is 15.5 Å². The molecule has 1 aliphatic rings. The summed E-state index contributed by atoms with van der Waals surface area (Å²) in [6.07, 6.45) is 3.41. The number of rotatable bonds is 5. The molecule has 2 amide bonds. The molecule has 0 atom stereocenters. The Morgan fingerprint density at radius 3 is 2.38 bits per heavy atom. The van der Waals surface area contributed by atoms with E-state index in [4.69, 9.17) is 0 Å². The van der Waals surface area contributed by atoms with Gasteiger partial charge in [0.1, 0.15) is 0 Å². The monoisotopic (exact) mass is 289 g/mol. The van der Waals surface area contributed by atoms with Crippen LogP contribution in [0.2, 0.25) is 0 Å². The van der Waals surface area contributed by atoms with Crippen molar-refractivity contribution in [2.24, 2.45) is 0 Å². The van der Waals surface area contributed by atoms with E-state index in [1.165, 1.54) is 6.42 Å². The van der Waals surface area contributed by atoms with E-state index in [1.807, 2.05) is 29.2 Å². The molecule has 0 bridgehead atoms. The molecular formula is C16H23N3O2. The summed E-state index contributed by atoms with van der Waals surface area (Å²) in [5.41, 5.74) is 1.72. The number of piperidine rings is 1. The molecule has 2 rings (SSSR count). The molecule has 1 heterocycles. The lowest BCUT2D eigenvalue weighted by atomic mass is 10.1. The minimum atomic E-state index is -0.0361. The minimum Gasteiger partial charge on any atom is -0.351 e. The number of hydrogen-bond donors (Lipinski definition) is 2. The fourth-order valence-corrected chi connectivity index (χ4v) is 2.47. The molecule has 1 aromatic rings. The summed E-state index contributed by atoms with van der Waals surface area (Å²) in [7, 11) is 1.74. The van der Waals surface area contributed by atoms with Gasteiger partial charge in [0.25, 0.3) is 5.91 Å². The number of likely N-dealkylation sites (N-methyl/N-ethyl adjacent to an activating group) is 1. The molecule has 1 fully saturated rings. The maximum Gasteiger partial charge on any atom is 0.253 e. The van der Waals surface area contributed by atoms with Gasteiger partial charge in [0, 0.05) is 25.2 Å². The van der Waals surface area contributed by atoms with Gasteiger partial charge in [-0.3, -0.25) is 9.59 Å². The van der Waals surface area contributed by atoms with Gasteiger partial charge in [0.15, 0.2) is 0 Å². The van der Waals surface area contributed by atoms with E-state index >= 15 is 0 Å². The quantitative estimate of drug-likeness (QED) is 0.855. The molecule has 1 aliphatic heterocycles. The average molecular weight is 289 g/mol. The number of carbonyl (C=O) groups is 2. The van der Waals surface area contributed by atoms with Gasteiger partial charge in [-0.2, -0.15) is 0 Å². The van der Waals surface area contributed by atoms with Crippen molar-refractivity contribution >= 4 is 11.8 Å². The van der Waals surface area contributed by atoms with Crippen molar-refractivity contribution in [3.8, 4) is 0 Å². The molecule has 1 saturated heterocycles. The SMILES string of the molecule is CNCC(=O)NCc1ccc(C(=O)N2CCCCC2)cc1. The summed E-state index contributed by atoms with van der Waals surface area (Å²) < 4.78 is 0. The number of likely N-dealkylation sites (tertiary alicyclic amines) is 1. The maximum absolute atomic E-state index is 12.3. The van der Waals surface area contributed by atoms with Crippen LogP contribution in [0.1, 0.15) is 35.2 Å². The predicted octanol–water partition coefficient (Wildman–Crippen LogP) is 1.15. The van der Waals surface area contributed by atoms with Crippen LogP contribution in [0.3, 0.4) is 0 Å². The van der Waals surface area contributed by atoms with Crippen LogP contribution >= 0.6 is 0 Å². The van der Waals surface area contributed by atoms with E-state index in [2.05, 4.69) is 10.6 Å². The van der Waals surface area contributed by atoms with Crippen molar-refractivity contribution in [1.29, 1.82) is 0 Å². The summed E-state index contributed by atoms with van der Waals surface area (Å²) >= 11 is 0. The fourth-order valence-electron chi connectivity index (χ4n) is 2.47. The van der Waals surface area contributed by atoms with Crippen LogP contribution in [0.5, 0.6) is 0 Å². The van der Waals surface area contributed by atoms with Crippen LogP contribution in [-0.4, -0.2) is 43.4 Å². The van der Waals surface area contributed by atoms with Crippen LogP contribution in [0.25, 0.3) is 0 Å². The number of nitrogens with one attached hydrogen (secondary N) is 2. The van der Waals surface area contributed by atoms with Gasteiger partial charge in [-0.15, -0.1) is 0 Å². The Balaban J connectivity index is 1.89. The van der Waals surface area contributed by atoms with Crippen molar-refractivity contribution in [2.45, 2.75) is 25.8 Å². The van der Waals surface area contributed by atoms with Crippen molar-refractivity contribution < 1.29 is 9.59 Å². The molecule has 5 nitrogen and oxygen atoms in total. The van der Waals surface area contributed by atoms with E-state index in [0.717, 1.165) is 37.1 Å². The van der Waals surface area contributed by atoms with Crippen LogP contribution < -0.4 is 10.6 Å². The molecular weight excluding hydrogens is 266 g/mol. The van der Waals surface area contributed by atoms with Crippen LogP contribution in [0, 0.1) is 0 Å². The van der Waals surface area contributed by atoms with Crippen molar-refractivity contribution in [3.63, 3.8) is 0 Å². The standard InChI is InChI=1S/C16H23N3O2/c1-17-12-15(20)18-11-13-5-7-14(8-6-13)16(21)19-9-3-2-4-10-19/h5-8,17H,2-4,9-12H2,1H3,(H,18,20). The number of benzene rings is 1. The van der Waals surface area contributed by atoms with Crippen LogP contribution in [0.4, 0.5) is 0 Å². The number of carbonyl (C=O) groups excluding carboxylic acids is 2. The third kappa shape index (κ3) is 4.56. The normalized spacial score (nSPS) is 14.8. The lowest BCUT2D eigenvalue weighted by Crippen LogP contribution is -2.35. The lowest BCUT2D eigenvalue weighted by molar-refractivity contribution is -0.120. The zero-order chi connectivity index (χ0) is 15.1. The molecule has 0 aromatic heterocycles. The Kier molecular flexibility index (Phi) is 5.75. The molecule has 5 heteroatoms. The molecule has 2 N–H and O–H groups in total. The Labute approximate surface area is 125 Å². The van der Waals surface area contributed by atoms with E-state index in [9.17, 15) is 9.59 Å². The van der Waals surface area contributed by atoms with Crippen LogP contribution in [0.15, 0.2) is 24.3 Å². The van der Waals surface area contributed by atoms with Gasteiger partial charge in [0.05, 0.1) is 6.54 Å². The molecule has 21 heavy (non-hydrogen) atoms. The second-order valence-corrected chi connectivity index (χ2v) is 5.36. The van der Waals surface area contributed by atoms with Gasteiger partial charge in [0.2, 0.25) is 5.91 Å². The zero-order valence-corrected chi connectivity index (χ0v) is 12.5. The summed E-state index contributed by atoms with van der Waals surface area (Å²) in [5.74, 6) is 0.0754. The summed E-state index contributed by atoms with van der Waals surface area (Å²) in [6, 6.07) is 7.49. The zero-order valence-electron chi connectivity index (χ0n) is 12.5. The Hall–Kier alpha value is -1.88. The Bertz CT molecular complexity index is 479. The Morgan fingerprint density at radius 1 is 1.10 bits per heavy atom. The first-order valence-electron chi connectivity index (χ1n) is 7.50. The largest absolute Gasteiger partial charge is 0.351 e. The fraction of sp³-hybridized carbons (Fsp3) is 0.500. The number of amides is 2. The highest BCUT2D eigenvalue weighted by Crippen LogP contribution is 2.13. The third-order valence-corrected chi connectivity index (χ3v) is 3.67. The molecule has 114 valence electrons. The van der Waals surface area contributed by atoms with Crippen molar-refractivity contribution in [2.75, 3.05) is 26.7 Å². The summed E-state index contributed by atoms with van der Waals surface area (Å²) in [6.45, 7) is 2.52. The maximum atomic E-state index is 12.3. The highest BCUT2D eigenvalue weighted by molar-refractivity contribution is 5.94. The first-order chi connectivity index (χ1) is 10.2. The van der Waals surface area contributed by atoms with E-state index in [1.54, 1.807) is 7.05 Å². The van der Waals surface area contributed by atoms with Gasteiger partial charge in [-0.05, 0) is 44.0 Å². The first-order valence-corrected chi connectivity index (χ1v) is 7.50.